The average Bonchev–Trinajstić information content (AvgIpc) is 2.48. The third kappa shape index (κ3) is 2.97. The monoisotopic (exact) mass is 300 g/mol. The molecule has 5 nitrogen and oxygen atoms in total. The zero-order valence-electron chi connectivity index (χ0n) is 11.2. The number of benzene rings is 2. The van der Waals surface area contributed by atoms with Gasteiger partial charge in [-0.3, -0.25) is 4.79 Å². The van der Waals surface area contributed by atoms with Crippen LogP contribution in [0.15, 0.2) is 59.5 Å². The largest absolute Gasteiger partial charge is 0.456 e. The molecule has 106 valence electrons. The molecule has 0 aromatic heterocycles. The quantitative estimate of drug-likeness (QED) is 0.286. The zero-order valence-corrected chi connectivity index (χ0v) is 12.0. The maximum absolute atomic E-state index is 12.4. The van der Waals surface area contributed by atoms with Gasteiger partial charge in [0.05, 0.1) is 4.90 Å². The van der Waals surface area contributed by atoms with E-state index in [9.17, 15) is 13.2 Å². The van der Waals surface area contributed by atoms with E-state index >= 15 is 0 Å². The maximum Gasteiger partial charge on any atom is 0.456 e. The first kappa shape index (κ1) is 14.8. The maximum atomic E-state index is 12.4. The molecule has 2 aromatic carbocycles. The highest BCUT2D eigenvalue weighted by Gasteiger charge is 2.37. The number of rotatable bonds is 3. The summed E-state index contributed by atoms with van der Waals surface area (Å²) < 4.78 is 24.7. The predicted octanol–water partition coefficient (Wildman–Crippen LogP) is 2.28. The fraction of sp³-hybridized carbons (Fsp3) is 0.0667. The van der Waals surface area contributed by atoms with Crippen molar-refractivity contribution in [2.24, 2.45) is 0 Å². The van der Waals surface area contributed by atoms with Gasteiger partial charge in [0.1, 0.15) is 0 Å². The van der Waals surface area contributed by atoms with E-state index in [0.717, 1.165) is 5.56 Å². The van der Waals surface area contributed by atoms with Crippen LogP contribution in [-0.4, -0.2) is 24.0 Å². The van der Waals surface area contributed by atoms with Crippen molar-refractivity contribution in [1.82, 2.24) is 0 Å². The van der Waals surface area contributed by atoms with Crippen molar-refractivity contribution in [3.63, 3.8) is 0 Å². The summed E-state index contributed by atoms with van der Waals surface area (Å²) in [5.41, 5.74) is 9.97. The van der Waals surface area contributed by atoms with Gasteiger partial charge < -0.3 is 5.53 Å². The Morgan fingerprint density at radius 1 is 1.05 bits per heavy atom. The van der Waals surface area contributed by atoms with Gasteiger partial charge in [0.2, 0.25) is 0 Å². The Labute approximate surface area is 122 Å². The molecule has 0 aliphatic rings. The van der Waals surface area contributed by atoms with E-state index < -0.39 is 20.7 Å². The van der Waals surface area contributed by atoms with Crippen molar-refractivity contribution in [2.45, 2.75) is 11.8 Å². The van der Waals surface area contributed by atoms with Gasteiger partial charge in [-0.2, -0.15) is 0 Å². The number of carbonyl (C=O) groups is 1. The van der Waals surface area contributed by atoms with Crippen molar-refractivity contribution in [2.75, 3.05) is 0 Å². The predicted molar refractivity (Wildman–Crippen MR) is 77.8 cm³/mol. The molecule has 0 unspecified atom stereocenters. The third-order valence-electron chi connectivity index (χ3n) is 2.87. The molecule has 2 aromatic rings. The fourth-order valence-corrected chi connectivity index (χ4v) is 3.05. The summed E-state index contributed by atoms with van der Waals surface area (Å²) in [7, 11) is -4.16. The van der Waals surface area contributed by atoms with Crippen molar-refractivity contribution in [1.29, 1.82) is 0 Å². The molecule has 0 atom stereocenters. The molecule has 0 bridgehead atoms. The van der Waals surface area contributed by atoms with E-state index in [1.54, 1.807) is 25.1 Å². The first-order chi connectivity index (χ1) is 9.96. The van der Waals surface area contributed by atoms with Crippen LogP contribution < -0.4 is 0 Å². The van der Waals surface area contributed by atoms with E-state index in [2.05, 4.69) is 4.79 Å². The molecule has 0 heterocycles. The summed E-state index contributed by atoms with van der Waals surface area (Å²) >= 11 is 0. The highest BCUT2D eigenvalue weighted by molar-refractivity contribution is 8.08. The van der Waals surface area contributed by atoms with Crippen molar-refractivity contribution in [3.8, 4) is 0 Å². The molecule has 0 aliphatic carbocycles. The van der Waals surface area contributed by atoms with Crippen LogP contribution in [0.1, 0.15) is 15.9 Å². The first-order valence-corrected chi connectivity index (χ1v) is 7.58. The Morgan fingerprint density at radius 2 is 1.71 bits per heavy atom. The summed E-state index contributed by atoms with van der Waals surface area (Å²) in [6, 6.07) is 13.8. The molecule has 0 aliphatic heterocycles. The zero-order chi connectivity index (χ0) is 15.5. The molecule has 0 saturated heterocycles. The Kier molecular flexibility index (Phi) is 4.12. The molecule has 0 amide bonds. The van der Waals surface area contributed by atoms with Crippen LogP contribution in [-0.2, 0) is 9.84 Å². The van der Waals surface area contributed by atoms with Crippen LogP contribution in [0.2, 0.25) is 0 Å². The number of Topliss-reactive ketones (excluding diaryl/α,β-unsaturated/α-hetero) is 1. The molecule has 0 N–H and O–H groups in total. The minimum absolute atomic E-state index is 0.0983. The molecule has 6 heteroatoms. The minimum Gasteiger partial charge on any atom is -0.360 e. The Bertz CT molecular complexity index is 836. The second-order valence-electron chi connectivity index (χ2n) is 4.42. The average molecular weight is 300 g/mol. The fourth-order valence-electron chi connectivity index (χ4n) is 1.84. The lowest BCUT2D eigenvalue weighted by Gasteiger charge is -2.01. The minimum atomic E-state index is -4.16. The van der Waals surface area contributed by atoms with Crippen LogP contribution in [0.3, 0.4) is 0 Å². The third-order valence-corrected chi connectivity index (χ3v) is 4.54. The molecule has 0 fully saturated rings. The first-order valence-electron chi connectivity index (χ1n) is 6.10. The summed E-state index contributed by atoms with van der Waals surface area (Å²) in [5.74, 6) is -0.843. The standard InChI is InChI=1S/C15H12N2O3S/c1-11-6-5-7-12(10-11)14(18)15(17-16)21(19,20)13-8-3-2-4-9-13/h2-10H,1H3. The molecular weight excluding hydrogens is 288 g/mol. The van der Waals surface area contributed by atoms with Gasteiger partial charge >= 0.3 is 5.04 Å². The number of sulfone groups is 1. The van der Waals surface area contributed by atoms with Gasteiger partial charge in [0.25, 0.3) is 15.6 Å². The van der Waals surface area contributed by atoms with Gasteiger partial charge in [-0.05, 0) is 25.1 Å². The van der Waals surface area contributed by atoms with E-state index in [1.165, 1.54) is 36.4 Å². The molecule has 21 heavy (non-hydrogen) atoms. The van der Waals surface area contributed by atoms with Gasteiger partial charge in [0, 0.05) is 5.56 Å². The highest BCUT2D eigenvalue weighted by Crippen LogP contribution is 2.15. The molecule has 0 spiro atoms. The van der Waals surface area contributed by atoms with Crippen LogP contribution in [0.5, 0.6) is 0 Å². The van der Waals surface area contributed by atoms with Crippen molar-refractivity contribution >= 4 is 20.7 Å². The SMILES string of the molecule is Cc1cccc(C(=O)C(=[N+]=[N-])S(=O)(=O)c2ccccc2)c1. The Morgan fingerprint density at radius 3 is 2.29 bits per heavy atom. The molecule has 2 rings (SSSR count). The van der Waals surface area contributed by atoms with E-state index in [0.29, 0.717) is 0 Å². The topological polar surface area (TPSA) is 87.6 Å². The van der Waals surface area contributed by atoms with Gasteiger partial charge in [-0.1, -0.05) is 42.0 Å². The Balaban J connectivity index is 2.51. The second kappa shape index (κ2) is 5.83. The molecule has 0 saturated carbocycles. The lowest BCUT2D eigenvalue weighted by Crippen LogP contribution is -2.26. The van der Waals surface area contributed by atoms with Crippen LogP contribution in [0.25, 0.3) is 5.53 Å². The van der Waals surface area contributed by atoms with Gasteiger partial charge in [0.15, 0.2) is 0 Å². The number of ketones is 1. The van der Waals surface area contributed by atoms with Crippen LogP contribution >= 0.6 is 0 Å². The van der Waals surface area contributed by atoms with E-state index in [1.807, 2.05) is 0 Å². The van der Waals surface area contributed by atoms with Gasteiger partial charge in [-0.25, -0.2) is 8.42 Å². The van der Waals surface area contributed by atoms with Crippen molar-refractivity contribution in [3.05, 3.63) is 71.3 Å². The lowest BCUT2D eigenvalue weighted by molar-refractivity contribution is -0.00158. The van der Waals surface area contributed by atoms with Gasteiger partial charge in [-0.15, -0.1) is 4.79 Å². The summed E-state index contributed by atoms with van der Waals surface area (Å²) in [6.45, 7) is 1.78. The number of carbonyl (C=O) groups excluding carboxylic acids is 1. The number of aryl methyl sites for hydroxylation is 1. The molecule has 0 radical (unpaired) electrons. The van der Waals surface area contributed by atoms with E-state index in [-0.39, 0.29) is 10.5 Å². The van der Waals surface area contributed by atoms with Crippen molar-refractivity contribution < 1.29 is 18.0 Å². The lowest BCUT2D eigenvalue weighted by atomic mass is 10.1. The van der Waals surface area contributed by atoms with Crippen LogP contribution in [0.4, 0.5) is 0 Å². The number of hydrogen-bond donors (Lipinski definition) is 0. The van der Waals surface area contributed by atoms with E-state index in [4.69, 9.17) is 5.53 Å². The number of hydrogen-bond acceptors (Lipinski definition) is 3. The smallest absolute Gasteiger partial charge is 0.360 e. The highest BCUT2D eigenvalue weighted by atomic mass is 32.2. The summed E-state index contributed by atoms with van der Waals surface area (Å²) in [5, 5.41) is -0.890. The normalized spacial score (nSPS) is 10.7. The summed E-state index contributed by atoms with van der Waals surface area (Å²) in [4.78, 5) is 14.9. The van der Waals surface area contributed by atoms with Crippen LogP contribution in [0, 0.1) is 6.92 Å². The summed E-state index contributed by atoms with van der Waals surface area (Å²) in [6.07, 6.45) is 0. The number of nitrogens with zero attached hydrogens (tertiary/aromatic N) is 2. The second-order valence-corrected chi connectivity index (χ2v) is 6.29. The molecular formula is C15H12N2O3S. The Hall–Kier alpha value is -2.56.